The number of rotatable bonds is 5. The Labute approximate surface area is 166 Å². The average molecular weight is 403 g/mol. The van der Waals surface area contributed by atoms with Gasteiger partial charge in [-0.1, -0.05) is 35.5 Å². The first-order valence-corrected chi connectivity index (χ1v) is 11.0. The first-order valence-electron chi connectivity index (χ1n) is 8.73. The van der Waals surface area contributed by atoms with E-state index in [1.54, 1.807) is 11.3 Å². The molecule has 1 N–H and O–H groups in total. The molecular formula is C20H19ClN2OS2. The van der Waals surface area contributed by atoms with Gasteiger partial charge in [0.2, 0.25) is 5.91 Å². The fourth-order valence-corrected chi connectivity index (χ4v) is 5.11. The van der Waals surface area contributed by atoms with E-state index in [-0.39, 0.29) is 5.91 Å². The molecule has 3 aromatic rings. The van der Waals surface area contributed by atoms with Gasteiger partial charge in [-0.3, -0.25) is 4.79 Å². The van der Waals surface area contributed by atoms with Crippen LogP contribution in [0.1, 0.15) is 28.8 Å². The molecule has 134 valence electrons. The normalized spacial score (nSPS) is 13.6. The van der Waals surface area contributed by atoms with Crippen LogP contribution in [0.15, 0.2) is 40.7 Å². The number of halogens is 1. The molecule has 0 spiro atoms. The van der Waals surface area contributed by atoms with Gasteiger partial charge in [-0.25, -0.2) is 4.98 Å². The standard InChI is InChI=1S/C20H19ClN2OS2/c21-13-7-8-16-15-5-1-2-6-17(15)20(23-18(16)10-13)26-12-19(24)22-11-14-4-3-9-25-14/h3-4,7-10H,1-2,5-6,11-12H2,(H,22,24). The Morgan fingerprint density at radius 3 is 2.88 bits per heavy atom. The van der Waals surface area contributed by atoms with E-state index in [4.69, 9.17) is 16.6 Å². The molecular weight excluding hydrogens is 384 g/mol. The summed E-state index contributed by atoms with van der Waals surface area (Å²) in [5.74, 6) is 0.428. The van der Waals surface area contributed by atoms with Crippen LogP contribution in [0.3, 0.4) is 0 Å². The smallest absolute Gasteiger partial charge is 0.230 e. The lowest BCUT2D eigenvalue weighted by molar-refractivity contribution is -0.118. The number of amides is 1. The average Bonchev–Trinajstić information content (AvgIpc) is 3.17. The maximum atomic E-state index is 12.2. The van der Waals surface area contributed by atoms with Crippen LogP contribution in [-0.2, 0) is 24.2 Å². The Bertz CT molecular complexity index is 941. The van der Waals surface area contributed by atoms with Crippen molar-refractivity contribution in [1.82, 2.24) is 10.3 Å². The van der Waals surface area contributed by atoms with Crippen LogP contribution in [0.2, 0.25) is 5.02 Å². The lowest BCUT2D eigenvalue weighted by Gasteiger charge is -2.20. The molecule has 0 unspecified atom stereocenters. The summed E-state index contributed by atoms with van der Waals surface area (Å²) in [6, 6.07) is 9.97. The second-order valence-electron chi connectivity index (χ2n) is 6.39. The van der Waals surface area contributed by atoms with E-state index in [2.05, 4.69) is 11.4 Å². The van der Waals surface area contributed by atoms with Crippen LogP contribution in [0, 0.1) is 0 Å². The molecule has 26 heavy (non-hydrogen) atoms. The number of carbonyl (C=O) groups excluding carboxylic acids is 1. The molecule has 0 saturated heterocycles. The van der Waals surface area contributed by atoms with Gasteiger partial charge in [0.1, 0.15) is 5.03 Å². The Balaban J connectivity index is 1.53. The Morgan fingerprint density at radius 2 is 2.08 bits per heavy atom. The van der Waals surface area contributed by atoms with E-state index >= 15 is 0 Å². The number of pyridine rings is 1. The molecule has 0 atom stereocenters. The number of carbonyl (C=O) groups is 1. The quantitative estimate of drug-likeness (QED) is 0.593. The molecule has 1 aromatic carbocycles. The van der Waals surface area contributed by atoms with Crippen molar-refractivity contribution in [3.05, 3.63) is 56.7 Å². The number of thioether (sulfide) groups is 1. The van der Waals surface area contributed by atoms with Gasteiger partial charge in [0.25, 0.3) is 0 Å². The topological polar surface area (TPSA) is 42.0 Å². The zero-order valence-corrected chi connectivity index (χ0v) is 16.6. The summed E-state index contributed by atoms with van der Waals surface area (Å²) in [6.45, 7) is 0.593. The Morgan fingerprint density at radius 1 is 1.23 bits per heavy atom. The molecule has 0 bridgehead atoms. The van der Waals surface area contributed by atoms with Crippen LogP contribution in [-0.4, -0.2) is 16.6 Å². The summed E-state index contributed by atoms with van der Waals surface area (Å²) >= 11 is 9.35. The lowest BCUT2D eigenvalue weighted by Crippen LogP contribution is -2.24. The van der Waals surface area contributed by atoms with Gasteiger partial charge in [-0.05, 0) is 60.4 Å². The summed E-state index contributed by atoms with van der Waals surface area (Å²) in [5.41, 5.74) is 3.64. The minimum absolute atomic E-state index is 0.0425. The van der Waals surface area contributed by atoms with E-state index in [9.17, 15) is 4.79 Å². The van der Waals surface area contributed by atoms with Gasteiger partial charge < -0.3 is 5.32 Å². The van der Waals surface area contributed by atoms with Gasteiger partial charge in [-0.15, -0.1) is 11.3 Å². The number of hydrogen-bond donors (Lipinski definition) is 1. The van der Waals surface area contributed by atoms with Crippen molar-refractivity contribution in [2.24, 2.45) is 0 Å². The predicted octanol–water partition coefficient (Wildman–Crippen LogP) is 5.24. The third-order valence-electron chi connectivity index (χ3n) is 4.61. The number of aromatic nitrogens is 1. The predicted molar refractivity (Wildman–Crippen MR) is 110 cm³/mol. The second kappa shape index (κ2) is 7.99. The summed E-state index contributed by atoms with van der Waals surface area (Å²) in [7, 11) is 0. The Kier molecular flexibility index (Phi) is 5.48. The molecule has 1 aliphatic carbocycles. The third-order valence-corrected chi connectivity index (χ3v) is 6.74. The van der Waals surface area contributed by atoms with Crippen LogP contribution >= 0.6 is 34.7 Å². The summed E-state index contributed by atoms with van der Waals surface area (Å²) in [4.78, 5) is 18.2. The highest BCUT2D eigenvalue weighted by Crippen LogP contribution is 2.35. The first kappa shape index (κ1) is 17.8. The third kappa shape index (κ3) is 3.90. The fourth-order valence-electron chi connectivity index (χ4n) is 3.37. The lowest BCUT2D eigenvalue weighted by atomic mass is 9.90. The Hall–Kier alpha value is -1.56. The van der Waals surface area contributed by atoms with Gasteiger partial charge in [0, 0.05) is 15.3 Å². The van der Waals surface area contributed by atoms with Crippen molar-refractivity contribution < 1.29 is 4.79 Å². The molecule has 0 fully saturated rings. The van der Waals surface area contributed by atoms with Crippen molar-refractivity contribution in [2.75, 3.05) is 5.75 Å². The molecule has 6 heteroatoms. The molecule has 4 rings (SSSR count). The number of nitrogens with zero attached hydrogens (tertiary/aromatic N) is 1. The highest BCUT2D eigenvalue weighted by molar-refractivity contribution is 8.00. The number of nitrogens with one attached hydrogen (secondary N) is 1. The number of hydrogen-bond acceptors (Lipinski definition) is 4. The fraction of sp³-hybridized carbons (Fsp3) is 0.300. The van der Waals surface area contributed by atoms with Crippen molar-refractivity contribution in [2.45, 2.75) is 37.3 Å². The van der Waals surface area contributed by atoms with Crippen molar-refractivity contribution in [1.29, 1.82) is 0 Å². The second-order valence-corrected chi connectivity index (χ2v) is 8.82. The van der Waals surface area contributed by atoms with E-state index in [0.29, 0.717) is 17.3 Å². The highest BCUT2D eigenvalue weighted by atomic mass is 35.5. The van der Waals surface area contributed by atoms with E-state index < -0.39 is 0 Å². The molecule has 3 nitrogen and oxygen atoms in total. The molecule has 0 radical (unpaired) electrons. The van der Waals surface area contributed by atoms with Crippen LogP contribution in [0.25, 0.3) is 10.9 Å². The van der Waals surface area contributed by atoms with Crippen LogP contribution in [0.4, 0.5) is 0 Å². The SMILES string of the molecule is O=C(CSc1nc2cc(Cl)ccc2c2c1CCCC2)NCc1cccs1. The largest absolute Gasteiger partial charge is 0.350 e. The van der Waals surface area contributed by atoms with Crippen LogP contribution < -0.4 is 5.32 Å². The summed E-state index contributed by atoms with van der Waals surface area (Å²) in [6.07, 6.45) is 4.51. The van der Waals surface area contributed by atoms with Gasteiger partial charge in [-0.2, -0.15) is 0 Å². The van der Waals surface area contributed by atoms with E-state index in [1.807, 2.05) is 29.6 Å². The maximum Gasteiger partial charge on any atom is 0.230 e. The molecule has 1 amide bonds. The minimum Gasteiger partial charge on any atom is -0.350 e. The molecule has 0 aliphatic heterocycles. The van der Waals surface area contributed by atoms with Crippen molar-refractivity contribution in [3.63, 3.8) is 0 Å². The number of aryl methyl sites for hydroxylation is 1. The van der Waals surface area contributed by atoms with E-state index in [1.165, 1.54) is 46.0 Å². The maximum absolute atomic E-state index is 12.2. The zero-order chi connectivity index (χ0) is 17.9. The van der Waals surface area contributed by atoms with Crippen LogP contribution in [0.5, 0.6) is 0 Å². The first-order chi connectivity index (χ1) is 12.7. The van der Waals surface area contributed by atoms with E-state index in [0.717, 1.165) is 23.4 Å². The number of thiophene rings is 1. The number of fused-ring (bicyclic) bond motifs is 3. The number of benzene rings is 1. The molecule has 1 aliphatic rings. The van der Waals surface area contributed by atoms with Gasteiger partial charge in [0.05, 0.1) is 17.8 Å². The highest BCUT2D eigenvalue weighted by Gasteiger charge is 2.19. The zero-order valence-electron chi connectivity index (χ0n) is 14.3. The molecule has 2 aromatic heterocycles. The van der Waals surface area contributed by atoms with Crippen molar-refractivity contribution >= 4 is 51.5 Å². The summed E-state index contributed by atoms with van der Waals surface area (Å²) < 4.78 is 0. The summed E-state index contributed by atoms with van der Waals surface area (Å²) in [5, 5.41) is 7.89. The van der Waals surface area contributed by atoms with Gasteiger partial charge in [0.15, 0.2) is 0 Å². The van der Waals surface area contributed by atoms with Crippen molar-refractivity contribution in [3.8, 4) is 0 Å². The minimum atomic E-state index is 0.0425. The van der Waals surface area contributed by atoms with Gasteiger partial charge >= 0.3 is 0 Å². The molecule has 2 heterocycles. The molecule has 0 saturated carbocycles. The monoisotopic (exact) mass is 402 g/mol.